The van der Waals surface area contributed by atoms with Crippen molar-refractivity contribution in [1.82, 2.24) is 5.32 Å². The first kappa shape index (κ1) is 14.6. The molecule has 0 saturated carbocycles. The summed E-state index contributed by atoms with van der Waals surface area (Å²) in [7, 11) is 0. The molecule has 1 aromatic rings. The first-order chi connectivity index (χ1) is 9.58. The largest absolute Gasteiger partial charge is 0.381 e. The molecule has 2 rings (SSSR count). The van der Waals surface area contributed by atoms with Gasteiger partial charge in [-0.2, -0.15) is 0 Å². The van der Waals surface area contributed by atoms with E-state index in [0.717, 1.165) is 25.0 Å². The van der Waals surface area contributed by atoms with E-state index >= 15 is 0 Å². The number of anilines is 1. The summed E-state index contributed by atoms with van der Waals surface area (Å²) in [5.41, 5.74) is -0.244. The average molecular weight is 288 g/mol. The summed E-state index contributed by atoms with van der Waals surface area (Å²) in [6.45, 7) is 0.978. The predicted octanol–water partition coefficient (Wildman–Crippen LogP) is 1.81. The third kappa shape index (κ3) is 3.63. The van der Waals surface area contributed by atoms with E-state index in [-0.39, 0.29) is 24.2 Å². The third-order valence-corrected chi connectivity index (χ3v) is 3.06. The van der Waals surface area contributed by atoms with Crippen LogP contribution in [0.5, 0.6) is 0 Å². The second-order valence-corrected chi connectivity index (χ2v) is 4.53. The fraction of sp³-hybridized carbons (Fsp3) is 0.462. The Kier molecular flexibility index (Phi) is 4.84. The quantitative estimate of drug-likeness (QED) is 0.831. The normalized spacial score (nSPS) is 15.9. The number of carbonyl (C=O) groups is 1. The number of halogens is 3. The van der Waals surface area contributed by atoms with Crippen LogP contribution >= 0.6 is 0 Å². The Bertz CT molecular complexity index is 491. The molecule has 0 radical (unpaired) electrons. The van der Waals surface area contributed by atoms with Crippen LogP contribution in [0.25, 0.3) is 0 Å². The van der Waals surface area contributed by atoms with Crippen molar-refractivity contribution in [3.63, 3.8) is 0 Å². The number of rotatable bonds is 4. The lowest BCUT2D eigenvalue weighted by molar-refractivity contribution is -0.120. The molecular weight excluding hydrogens is 273 g/mol. The Balaban J connectivity index is 1.85. The molecule has 0 unspecified atom stereocenters. The Morgan fingerprint density at radius 3 is 2.60 bits per heavy atom. The number of benzene rings is 1. The average Bonchev–Trinajstić information content (AvgIpc) is 2.45. The van der Waals surface area contributed by atoms with Crippen LogP contribution in [0.1, 0.15) is 12.8 Å². The lowest BCUT2D eigenvalue weighted by atomic mass is 10.1. The molecule has 1 saturated heterocycles. The summed E-state index contributed by atoms with van der Waals surface area (Å²) in [6.07, 6.45) is 1.45. The first-order valence-electron chi connectivity index (χ1n) is 6.32. The van der Waals surface area contributed by atoms with E-state index in [4.69, 9.17) is 4.74 Å². The molecule has 0 bridgehead atoms. The lowest BCUT2D eigenvalue weighted by Crippen LogP contribution is -2.41. The van der Waals surface area contributed by atoms with Gasteiger partial charge in [-0.05, 0) is 25.0 Å². The van der Waals surface area contributed by atoms with Crippen molar-refractivity contribution in [2.24, 2.45) is 0 Å². The molecule has 110 valence electrons. The SMILES string of the molecule is O=C(CNc1ccc(F)c(F)c1F)NC1CCOCC1. The summed E-state index contributed by atoms with van der Waals surface area (Å²) in [6, 6.07) is 1.89. The maximum Gasteiger partial charge on any atom is 0.239 e. The number of ether oxygens (including phenoxy) is 1. The monoisotopic (exact) mass is 288 g/mol. The van der Waals surface area contributed by atoms with Crippen LogP contribution in [0, 0.1) is 17.5 Å². The highest BCUT2D eigenvalue weighted by Crippen LogP contribution is 2.19. The van der Waals surface area contributed by atoms with Gasteiger partial charge in [0.25, 0.3) is 0 Å². The smallest absolute Gasteiger partial charge is 0.239 e. The highest BCUT2D eigenvalue weighted by molar-refractivity contribution is 5.81. The van der Waals surface area contributed by atoms with Gasteiger partial charge < -0.3 is 15.4 Å². The van der Waals surface area contributed by atoms with Crippen molar-refractivity contribution in [3.8, 4) is 0 Å². The van der Waals surface area contributed by atoms with Crippen molar-refractivity contribution in [1.29, 1.82) is 0 Å². The molecule has 0 aliphatic carbocycles. The molecule has 20 heavy (non-hydrogen) atoms. The van der Waals surface area contributed by atoms with Crippen molar-refractivity contribution in [3.05, 3.63) is 29.6 Å². The van der Waals surface area contributed by atoms with Gasteiger partial charge in [0, 0.05) is 19.3 Å². The van der Waals surface area contributed by atoms with Crippen LogP contribution in [0.2, 0.25) is 0 Å². The molecule has 0 aromatic heterocycles. The molecule has 1 aliphatic heterocycles. The topological polar surface area (TPSA) is 50.4 Å². The van der Waals surface area contributed by atoms with Gasteiger partial charge in [0.15, 0.2) is 17.5 Å². The molecule has 0 spiro atoms. The molecule has 1 amide bonds. The van der Waals surface area contributed by atoms with E-state index in [0.29, 0.717) is 13.2 Å². The second kappa shape index (κ2) is 6.60. The standard InChI is InChI=1S/C13H15F3N2O2/c14-9-1-2-10(13(16)12(9)15)17-7-11(19)18-8-3-5-20-6-4-8/h1-2,8,17H,3-7H2,(H,18,19). The Hall–Kier alpha value is -1.76. The molecule has 4 nitrogen and oxygen atoms in total. The van der Waals surface area contributed by atoms with Crippen LogP contribution in [-0.2, 0) is 9.53 Å². The molecule has 7 heteroatoms. The van der Waals surface area contributed by atoms with E-state index in [1.54, 1.807) is 0 Å². The van der Waals surface area contributed by atoms with E-state index in [9.17, 15) is 18.0 Å². The Morgan fingerprint density at radius 2 is 1.90 bits per heavy atom. The van der Waals surface area contributed by atoms with Gasteiger partial charge in [-0.3, -0.25) is 4.79 Å². The van der Waals surface area contributed by atoms with E-state index in [1.165, 1.54) is 0 Å². The van der Waals surface area contributed by atoms with Crippen LogP contribution in [0.15, 0.2) is 12.1 Å². The Labute approximate surface area is 114 Å². The first-order valence-corrected chi connectivity index (χ1v) is 6.32. The molecular formula is C13H15F3N2O2. The number of nitrogens with one attached hydrogen (secondary N) is 2. The van der Waals surface area contributed by atoms with Crippen molar-refractivity contribution < 1.29 is 22.7 Å². The van der Waals surface area contributed by atoms with Gasteiger partial charge in [0.2, 0.25) is 5.91 Å². The zero-order chi connectivity index (χ0) is 14.5. The minimum Gasteiger partial charge on any atom is -0.381 e. The minimum atomic E-state index is -1.56. The summed E-state index contributed by atoms with van der Waals surface area (Å²) in [5.74, 6) is -4.48. The van der Waals surface area contributed by atoms with E-state index < -0.39 is 17.5 Å². The van der Waals surface area contributed by atoms with Gasteiger partial charge in [-0.1, -0.05) is 0 Å². The molecule has 1 aromatic carbocycles. The number of hydrogen-bond donors (Lipinski definition) is 2. The van der Waals surface area contributed by atoms with Crippen molar-refractivity contribution in [2.75, 3.05) is 25.1 Å². The van der Waals surface area contributed by atoms with Crippen LogP contribution in [0.4, 0.5) is 18.9 Å². The number of hydrogen-bond acceptors (Lipinski definition) is 3. The number of carbonyl (C=O) groups excluding carboxylic acids is 1. The van der Waals surface area contributed by atoms with Crippen molar-refractivity contribution >= 4 is 11.6 Å². The third-order valence-electron chi connectivity index (χ3n) is 3.06. The highest BCUT2D eigenvalue weighted by Gasteiger charge is 2.17. The maximum atomic E-state index is 13.3. The second-order valence-electron chi connectivity index (χ2n) is 4.53. The summed E-state index contributed by atoms with van der Waals surface area (Å²) < 4.78 is 44.2. The molecule has 2 N–H and O–H groups in total. The summed E-state index contributed by atoms with van der Waals surface area (Å²) in [5, 5.41) is 5.21. The zero-order valence-corrected chi connectivity index (χ0v) is 10.7. The maximum absolute atomic E-state index is 13.3. The molecule has 1 heterocycles. The fourth-order valence-electron chi connectivity index (χ4n) is 1.96. The predicted molar refractivity (Wildman–Crippen MR) is 66.8 cm³/mol. The van der Waals surface area contributed by atoms with Crippen LogP contribution in [-0.4, -0.2) is 31.7 Å². The summed E-state index contributed by atoms with van der Waals surface area (Å²) in [4.78, 5) is 11.6. The Morgan fingerprint density at radius 1 is 1.20 bits per heavy atom. The van der Waals surface area contributed by atoms with E-state index in [2.05, 4.69) is 10.6 Å². The molecule has 1 fully saturated rings. The van der Waals surface area contributed by atoms with Crippen LogP contribution in [0.3, 0.4) is 0 Å². The lowest BCUT2D eigenvalue weighted by Gasteiger charge is -2.23. The van der Waals surface area contributed by atoms with Gasteiger partial charge in [-0.15, -0.1) is 0 Å². The highest BCUT2D eigenvalue weighted by atomic mass is 19.2. The van der Waals surface area contributed by atoms with Gasteiger partial charge in [-0.25, -0.2) is 13.2 Å². The van der Waals surface area contributed by atoms with E-state index in [1.807, 2.05) is 0 Å². The van der Waals surface area contributed by atoms with Gasteiger partial charge >= 0.3 is 0 Å². The number of amides is 1. The van der Waals surface area contributed by atoms with Crippen LogP contribution < -0.4 is 10.6 Å². The van der Waals surface area contributed by atoms with Gasteiger partial charge in [0.1, 0.15) is 0 Å². The molecule has 1 aliphatic rings. The molecule has 0 atom stereocenters. The summed E-state index contributed by atoms with van der Waals surface area (Å²) >= 11 is 0. The van der Waals surface area contributed by atoms with Gasteiger partial charge in [0.05, 0.1) is 12.2 Å². The van der Waals surface area contributed by atoms with Crippen molar-refractivity contribution in [2.45, 2.75) is 18.9 Å². The fourth-order valence-corrected chi connectivity index (χ4v) is 1.96. The minimum absolute atomic E-state index is 0.0350. The zero-order valence-electron chi connectivity index (χ0n) is 10.7.